The Bertz CT molecular complexity index is 1340. The second-order valence-corrected chi connectivity index (χ2v) is 12.7. The van der Waals surface area contributed by atoms with E-state index in [2.05, 4.69) is 113 Å². The molecule has 0 spiro atoms. The fourth-order valence-electron chi connectivity index (χ4n) is 5.94. The van der Waals surface area contributed by atoms with Crippen LogP contribution in [0.4, 0.5) is 5.69 Å². The lowest BCUT2D eigenvalue weighted by Crippen LogP contribution is -2.46. The van der Waals surface area contributed by atoms with Crippen LogP contribution in [0.25, 0.3) is 0 Å². The number of amides is 1. The van der Waals surface area contributed by atoms with Gasteiger partial charge in [0.1, 0.15) is 0 Å². The van der Waals surface area contributed by atoms with Crippen molar-refractivity contribution < 1.29 is 4.79 Å². The summed E-state index contributed by atoms with van der Waals surface area (Å²) in [5, 5.41) is 2.16. The molecule has 0 radical (unpaired) electrons. The van der Waals surface area contributed by atoms with Gasteiger partial charge in [-0.05, 0) is 78.1 Å². The minimum atomic E-state index is 0.150. The number of nitrogens with zero attached hydrogens (tertiary/aromatic N) is 3. The van der Waals surface area contributed by atoms with Crippen LogP contribution in [0.1, 0.15) is 71.0 Å². The van der Waals surface area contributed by atoms with Gasteiger partial charge in [0.15, 0.2) is 0 Å². The SMILES string of the molecule is CCCCCc1ccc(C(=O)N(Cc2ccc(N(C)Cc3ccccc3)cc2)C2CCN(Cc3cccs3)CC2)cc1. The molecule has 1 fully saturated rings. The van der Waals surface area contributed by atoms with E-state index >= 15 is 0 Å². The van der Waals surface area contributed by atoms with Gasteiger partial charge in [-0.25, -0.2) is 0 Å². The highest BCUT2D eigenvalue weighted by atomic mass is 32.1. The summed E-state index contributed by atoms with van der Waals surface area (Å²) in [6, 6.07) is 32.3. The molecule has 0 atom stereocenters. The number of thiophene rings is 1. The maximum Gasteiger partial charge on any atom is 0.254 e. The van der Waals surface area contributed by atoms with E-state index in [9.17, 15) is 4.79 Å². The number of carbonyl (C=O) groups excluding carboxylic acids is 1. The summed E-state index contributed by atoms with van der Waals surface area (Å²) < 4.78 is 0. The molecule has 1 saturated heterocycles. The molecule has 1 aliphatic heterocycles. The van der Waals surface area contributed by atoms with Crippen molar-refractivity contribution in [3.63, 3.8) is 0 Å². The van der Waals surface area contributed by atoms with E-state index in [1.165, 1.54) is 46.5 Å². The fourth-order valence-corrected chi connectivity index (χ4v) is 6.68. The number of anilines is 1. The first-order valence-corrected chi connectivity index (χ1v) is 16.5. The Hall–Kier alpha value is -3.41. The van der Waals surface area contributed by atoms with Gasteiger partial charge < -0.3 is 9.80 Å². The summed E-state index contributed by atoms with van der Waals surface area (Å²) in [5.74, 6) is 0.150. The van der Waals surface area contributed by atoms with Crippen molar-refractivity contribution in [3.8, 4) is 0 Å². The van der Waals surface area contributed by atoms with Crippen LogP contribution >= 0.6 is 11.3 Å². The molecule has 220 valence electrons. The Balaban J connectivity index is 1.28. The number of benzene rings is 3. The number of hydrogen-bond acceptors (Lipinski definition) is 4. The van der Waals surface area contributed by atoms with E-state index in [1.54, 1.807) is 0 Å². The Morgan fingerprint density at radius 2 is 1.50 bits per heavy atom. The molecule has 0 unspecified atom stereocenters. The van der Waals surface area contributed by atoms with Crippen LogP contribution in [-0.4, -0.2) is 41.9 Å². The van der Waals surface area contributed by atoms with Crippen molar-refractivity contribution in [2.24, 2.45) is 0 Å². The second kappa shape index (κ2) is 15.2. The van der Waals surface area contributed by atoms with Crippen LogP contribution in [-0.2, 0) is 26.1 Å². The molecule has 4 aromatic rings. The minimum absolute atomic E-state index is 0.150. The van der Waals surface area contributed by atoms with Crippen LogP contribution in [0, 0.1) is 0 Å². The van der Waals surface area contributed by atoms with Gasteiger partial charge in [-0.15, -0.1) is 11.3 Å². The molecule has 0 bridgehead atoms. The van der Waals surface area contributed by atoms with E-state index in [0.717, 1.165) is 51.0 Å². The smallest absolute Gasteiger partial charge is 0.254 e. The van der Waals surface area contributed by atoms with Crippen molar-refractivity contribution in [1.82, 2.24) is 9.80 Å². The fraction of sp³-hybridized carbons (Fsp3) is 0.378. The van der Waals surface area contributed by atoms with Crippen LogP contribution in [0.3, 0.4) is 0 Å². The molecule has 1 amide bonds. The predicted octanol–water partition coefficient (Wildman–Crippen LogP) is 8.42. The minimum Gasteiger partial charge on any atom is -0.370 e. The van der Waals surface area contributed by atoms with Gasteiger partial charge in [0.05, 0.1) is 0 Å². The Kier molecular flexibility index (Phi) is 10.9. The lowest BCUT2D eigenvalue weighted by atomic mass is 9.99. The van der Waals surface area contributed by atoms with Gasteiger partial charge in [0.2, 0.25) is 0 Å². The van der Waals surface area contributed by atoms with Gasteiger partial charge >= 0.3 is 0 Å². The summed E-state index contributed by atoms with van der Waals surface area (Å²) in [6.07, 6.45) is 6.77. The zero-order valence-corrected chi connectivity index (χ0v) is 26.1. The highest BCUT2D eigenvalue weighted by Crippen LogP contribution is 2.25. The van der Waals surface area contributed by atoms with Gasteiger partial charge in [0.25, 0.3) is 5.91 Å². The summed E-state index contributed by atoms with van der Waals surface area (Å²) in [4.78, 5) is 22.4. The van der Waals surface area contributed by atoms with E-state index in [-0.39, 0.29) is 11.9 Å². The molecule has 2 heterocycles. The first kappa shape index (κ1) is 30.1. The van der Waals surface area contributed by atoms with Gasteiger partial charge in [-0.1, -0.05) is 80.4 Å². The highest BCUT2D eigenvalue weighted by Gasteiger charge is 2.29. The molecule has 4 nitrogen and oxygen atoms in total. The number of carbonyl (C=O) groups is 1. The van der Waals surface area contributed by atoms with Crippen LogP contribution in [0.15, 0.2) is 96.4 Å². The number of unbranched alkanes of at least 4 members (excludes halogenated alkanes) is 2. The molecular formula is C37H45N3OS. The zero-order valence-electron chi connectivity index (χ0n) is 25.3. The normalized spacial score (nSPS) is 14.1. The second-order valence-electron chi connectivity index (χ2n) is 11.7. The predicted molar refractivity (Wildman–Crippen MR) is 177 cm³/mol. The third kappa shape index (κ3) is 8.33. The van der Waals surface area contributed by atoms with Crippen molar-refractivity contribution in [2.75, 3.05) is 25.0 Å². The number of likely N-dealkylation sites (tertiary alicyclic amines) is 1. The molecule has 0 saturated carbocycles. The Morgan fingerprint density at radius 1 is 0.810 bits per heavy atom. The summed E-state index contributed by atoms with van der Waals surface area (Å²) in [7, 11) is 2.13. The quantitative estimate of drug-likeness (QED) is 0.149. The van der Waals surface area contributed by atoms with Gasteiger partial charge in [-0.3, -0.25) is 9.69 Å². The van der Waals surface area contributed by atoms with Gasteiger partial charge in [0, 0.05) is 61.9 Å². The lowest BCUT2D eigenvalue weighted by Gasteiger charge is -2.38. The Labute approximate surface area is 256 Å². The summed E-state index contributed by atoms with van der Waals surface area (Å²) in [5.41, 5.74) is 5.78. The van der Waals surface area contributed by atoms with E-state index in [1.807, 2.05) is 23.5 Å². The monoisotopic (exact) mass is 579 g/mol. The van der Waals surface area contributed by atoms with Crippen molar-refractivity contribution in [1.29, 1.82) is 0 Å². The average molecular weight is 580 g/mol. The highest BCUT2D eigenvalue weighted by molar-refractivity contribution is 7.09. The molecule has 0 aliphatic carbocycles. The largest absolute Gasteiger partial charge is 0.370 e. The van der Waals surface area contributed by atoms with Crippen molar-refractivity contribution in [3.05, 3.63) is 124 Å². The number of piperidine rings is 1. The first-order valence-electron chi connectivity index (χ1n) is 15.6. The topological polar surface area (TPSA) is 26.8 Å². The van der Waals surface area contributed by atoms with Gasteiger partial charge in [-0.2, -0.15) is 0 Å². The van der Waals surface area contributed by atoms with Crippen molar-refractivity contribution in [2.45, 2.75) is 71.1 Å². The molecular weight excluding hydrogens is 534 g/mol. The molecule has 3 aromatic carbocycles. The van der Waals surface area contributed by atoms with Crippen LogP contribution in [0.2, 0.25) is 0 Å². The number of aryl methyl sites for hydroxylation is 1. The van der Waals surface area contributed by atoms with E-state index in [4.69, 9.17) is 0 Å². The molecule has 0 N–H and O–H groups in total. The maximum atomic E-state index is 14.0. The van der Waals surface area contributed by atoms with Crippen molar-refractivity contribution >= 4 is 22.9 Å². The van der Waals surface area contributed by atoms with E-state index < -0.39 is 0 Å². The molecule has 1 aliphatic rings. The zero-order chi connectivity index (χ0) is 29.1. The van der Waals surface area contributed by atoms with Crippen LogP contribution in [0.5, 0.6) is 0 Å². The maximum absolute atomic E-state index is 14.0. The van der Waals surface area contributed by atoms with Crippen LogP contribution < -0.4 is 4.90 Å². The molecule has 42 heavy (non-hydrogen) atoms. The molecule has 1 aromatic heterocycles. The number of hydrogen-bond donors (Lipinski definition) is 0. The lowest BCUT2D eigenvalue weighted by molar-refractivity contribution is 0.0544. The summed E-state index contributed by atoms with van der Waals surface area (Å²) >= 11 is 1.83. The Morgan fingerprint density at radius 3 is 2.17 bits per heavy atom. The first-order chi connectivity index (χ1) is 20.6. The molecule has 5 heteroatoms. The number of rotatable bonds is 13. The molecule has 5 rings (SSSR count). The summed E-state index contributed by atoms with van der Waals surface area (Å²) in [6.45, 7) is 6.78. The third-order valence-corrected chi connectivity index (χ3v) is 9.34. The standard InChI is InChI=1S/C37H45N3OS/c1-3-4-6-10-30-14-18-33(19-15-30)37(41)40(35-22-24-39(25-23-35)29-36-13-9-26-42-36)28-32-16-20-34(21-17-32)38(2)27-31-11-7-5-8-12-31/h5,7-9,11-21,26,35H,3-4,6,10,22-25,27-29H2,1-2H3. The third-order valence-electron chi connectivity index (χ3n) is 8.48. The average Bonchev–Trinajstić information content (AvgIpc) is 3.54. The van der Waals surface area contributed by atoms with E-state index in [0.29, 0.717) is 6.54 Å².